The zero-order valence-electron chi connectivity index (χ0n) is 8.02. The topological polar surface area (TPSA) is 120 Å². The van der Waals surface area contributed by atoms with Gasteiger partial charge >= 0.3 is 5.69 Å². The number of aromatic nitrogens is 2. The highest BCUT2D eigenvalue weighted by Crippen LogP contribution is 2.23. The molecule has 17 heavy (non-hydrogen) atoms. The third kappa shape index (κ3) is 2.16. The third-order valence-corrected chi connectivity index (χ3v) is 3.39. The SMILES string of the molecule is O=c1[nH]c(=O)c2cc(Br)cc(S(=O)(=O)O)c2[nH]1. The predicted octanol–water partition coefficient (Wildman–Crippen LogP) is 0.226. The van der Waals surface area contributed by atoms with E-state index in [-0.39, 0.29) is 15.4 Å². The summed E-state index contributed by atoms with van der Waals surface area (Å²) in [5.41, 5.74) is -1.82. The van der Waals surface area contributed by atoms with Gasteiger partial charge in [0.05, 0.1) is 10.9 Å². The maximum Gasteiger partial charge on any atom is 0.326 e. The molecule has 0 aliphatic rings. The van der Waals surface area contributed by atoms with Crippen molar-refractivity contribution in [3.05, 3.63) is 37.4 Å². The Morgan fingerprint density at radius 1 is 1.18 bits per heavy atom. The van der Waals surface area contributed by atoms with Crippen molar-refractivity contribution in [2.45, 2.75) is 4.90 Å². The van der Waals surface area contributed by atoms with Crippen LogP contribution in [-0.2, 0) is 10.1 Å². The van der Waals surface area contributed by atoms with Crippen LogP contribution in [0.2, 0.25) is 0 Å². The van der Waals surface area contributed by atoms with Gasteiger partial charge in [-0.15, -0.1) is 0 Å². The number of halogens is 1. The van der Waals surface area contributed by atoms with E-state index in [0.29, 0.717) is 0 Å². The van der Waals surface area contributed by atoms with E-state index in [2.05, 4.69) is 20.9 Å². The molecule has 0 saturated carbocycles. The molecule has 2 rings (SSSR count). The minimum atomic E-state index is -4.54. The van der Waals surface area contributed by atoms with E-state index in [4.69, 9.17) is 4.55 Å². The van der Waals surface area contributed by atoms with Crippen molar-refractivity contribution >= 4 is 37.0 Å². The summed E-state index contributed by atoms with van der Waals surface area (Å²) in [5.74, 6) is 0. The molecule has 2 aromatic rings. The molecule has 0 aliphatic heterocycles. The van der Waals surface area contributed by atoms with Crippen LogP contribution in [-0.4, -0.2) is 22.9 Å². The molecule has 90 valence electrons. The average molecular weight is 321 g/mol. The van der Waals surface area contributed by atoms with Crippen LogP contribution in [0.5, 0.6) is 0 Å². The molecule has 0 radical (unpaired) electrons. The van der Waals surface area contributed by atoms with Crippen molar-refractivity contribution < 1.29 is 13.0 Å². The van der Waals surface area contributed by atoms with Crippen LogP contribution < -0.4 is 11.2 Å². The second-order valence-corrected chi connectivity index (χ2v) is 5.52. The molecule has 0 amide bonds. The van der Waals surface area contributed by atoms with E-state index in [0.717, 1.165) is 6.07 Å². The second-order valence-electron chi connectivity index (χ2n) is 3.21. The van der Waals surface area contributed by atoms with Crippen LogP contribution in [0, 0.1) is 0 Å². The van der Waals surface area contributed by atoms with E-state index >= 15 is 0 Å². The van der Waals surface area contributed by atoms with E-state index in [9.17, 15) is 18.0 Å². The van der Waals surface area contributed by atoms with Crippen molar-refractivity contribution in [3.8, 4) is 0 Å². The van der Waals surface area contributed by atoms with Crippen LogP contribution in [0.1, 0.15) is 0 Å². The van der Waals surface area contributed by atoms with Crippen molar-refractivity contribution in [1.82, 2.24) is 9.97 Å². The Balaban J connectivity index is 3.15. The lowest BCUT2D eigenvalue weighted by atomic mass is 10.2. The molecule has 0 atom stereocenters. The summed E-state index contributed by atoms with van der Waals surface area (Å²) >= 11 is 3.01. The lowest BCUT2D eigenvalue weighted by Gasteiger charge is -2.03. The number of benzene rings is 1. The molecule has 0 saturated heterocycles. The Labute approximate surface area is 102 Å². The number of hydrogen-bond donors (Lipinski definition) is 3. The molecule has 0 bridgehead atoms. The number of H-pyrrole nitrogens is 2. The molecule has 0 spiro atoms. The fraction of sp³-hybridized carbons (Fsp3) is 0. The Bertz CT molecular complexity index is 820. The molecule has 1 aromatic heterocycles. The molecule has 0 fully saturated rings. The molecule has 0 aliphatic carbocycles. The minimum Gasteiger partial charge on any atom is -0.305 e. The summed E-state index contributed by atoms with van der Waals surface area (Å²) in [4.78, 5) is 26.1. The van der Waals surface area contributed by atoms with Gasteiger partial charge in [-0.05, 0) is 12.1 Å². The molecule has 1 heterocycles. The van der Waals surface area contributed by atoms with E-state index in [1.807, 2.05) is 4.98 Å². The summed E-state index contributed by atoms with van der Waals surface area (Å²) in [6, 6.07) is 2.42. The summed E-state index contributed by atoms with van der Waals surface area (Å²) in [7, 11) is -4.54. The first kappa shape index (κ1) is 12.0. The fourth-order valence-corrected chi connectivity index (χ4v) is 2.71. The predicted molar refractivity (Wildman–Crippen MR) is 62.7 cm³/mol. The first-order valence-electron chi connectivity index (χ1n) is 4.22. The van der Waals surface area contributed by atoms with Crippen LogP contribution in [0.4, 0.5) is 0 Å². The Kier molecular flexibility index (Phi) is 2.68. The zero-order chi connectivity index (χ0) is 12.8. The zero-order valence-corrected chi connectivity index (χ0v) is 10.4. The van der Waals surface area contributed by atoms with Crippen molar-refractivity contribution in [3.63, 3.8) is 0 Å². The van der Waals surface area contributed by atoms with Gasteiger partial charge < -0.3 is 4.98 Å². The first-order valence-corrected chi connectivity index (χ1v) is 6.46. The highest BCUT2D eigenvalue weighted by molar-refractivity contribution is 9.10. The maximum absolute atomic E-state index is 11.5. The second kappa shape index (κ2) is 3.79. The number of aromatic amines is 2. The van der Waals surface area contributed by atoms with Gasteiger partial charge in [-0.25, -0.2) is 4.79 Å². The molecule has 1 aromatic carbocycles. The van der Waals surface area contributed by atoms with Crippen LogP contribution in [0.25, 0.3) is 10.9 Å². The number of rotatable bonds is 1. The summed E-state index contributed by atoms with van der Waals surface area (Å²) < 4.78 is 31.5. The highest BCUT2D eigenvalue weighted by atomic mass is 79.9. The normalized spacial score (nSPS) is 11.9. The van der Waals surface area contributed by atoms with Gasteiger partial charge in [0.2, 0.25) is 0 Å². The maximum atomic E-state index is 11.5. The third-order valence-electron chi connectivity index (χ3n) is 2.06. The number of hydrogen-bond acceptors (Lipinski definition) is 4. The Morgan fingerprint density at radius 2 is 1.82 bits per heavy atom. The van der Waals surface area contributed by atoms with Crippen molar-refractivity contribution in [1.29, 1.82) is 0 Å². The van der Waals surface area contributed by atoms with Crippen LogP contribution >= 0.6 is 15.9 Å². The molecule has 0 unspecified atom stereocenters. The van der Waals surface area contributed by atoms with Gasteiger partial charge in [0.15, 0.2) is 0 Å². The minimum absolute atomic E-state index is 0.0494. The van der Waals surface area contributed by atoms with Gasteiger partial charge in [-0.1, -0.05) is 15.9 Å². The molecule has 3 N–H and O–H groups in total. The Hall–Kier alpha value is -1.45. The van der Waals surface area contributed by atoms with E-state index < -0.39 is 26.3 Å². The van der Waals surface area contributed by atoms with Crippen LogP contribution in [0.3, 0.4) is 0 Å². The number of fused-ring (bicyclic) bond motifs is 1. The molecule has 9 heteroatoms. The monoisotopic (exact) mass is 320 g/mol. The van der Waals surface area contributed by atoms with E-state index in [1.54, 1.807) is 0 Å². The van der Waals surface area contributed by atoms with Crippen molar-refractivity contribution in [2.75, 3.05) is 0 Å². The average Bonchev–Trinajstić information content (AvgIpc) is 2.16. The quantitative estimate of drug-likeness (QED) is 0.649. The summed E-state index contributed by atoms with van der Waals surface area (Å²) in [6.45, 7) is 0. The molecule has 7 nitrogen and oxygen atoms in total. The van der Waals surface area contributed by atoms with Gasteiger partial charge in [0.1, 0.15) is 4.90 Å². The lowest BCUT2D eigenvalue weighted by Crippen LogP contribution is -2.23. The fourth-order valence-electron chi connectivity index (χ4n) is 1.41. The van der Waals surface area contributed by atoms with Crippen molar-refractivity contribution in [2.24, 2.45) is 0 Å². The number of nitrogens with one attached hydrogen (secondary N) is 2. The summed E-state index contributed by atoms with van der Waals surface area (Å²) in [5, 5.41) is -0.0494. The summed E-state index contributed by atoms with van der Waals surface area (Å²) in [6.07, 6.45) is 0. The smallest absolute Gasteiger partial charge is 0.305 e. The van der Waals surface area contributed by atoms with Gasteiger partial charge in [-0.3, -0.25) is 14.3 Å². The van der Waals surface area contributed by atoms with Gasteiger partial charge in [-0.2, -0.15) is 8.42 Å². The first-order chi connectivity index (χ1) is 7.79. The molecular weight excluding hydrogens is 316 g/mol. The lowest BCUT2D eigenvalue weighted by molar-refractivity contribution is 0.484. The van der Waals surface area contributed by atoms with E-state index in [1.165, 1.54) is 6.07 Å². The van der Waals surface area contributed by atoms with Crippen LogP contribution in [0.15, 0.2) is 31.1 Å². The van der Waals surface area contributed by atoms with Gasteiger partial charge in [0.25, 0.3) is 15.7 Å². The largest absolute Gasteiger partial charge is 0.326 e. The Morgan fingerprint density at radius 3 is 2.41 bits per heavy atom. The highest BCUT2D eigenvalue weighted by Gasteiger charge is 2.17. The van der Waals surface area contributed by atoms with Gasteiger partial charge in [0, 0.05) is 4.47 Å². The standard InChI is InChI=1S/C8H5BrN2O5S/c9-3-1-4-6(5(2-3)17(14,15)16)10-8(13)11-7(4)12/h1-2H,(H,14,15,16)(H2,10,11,12,13). The molecular formula is C8H5BrN2O5S.